The van der Waals surface area contributed by atoms with Gasteiger partial charge in [-0.3, -0.25) is 0 Å². The van der Waals surface area contributed by atoms with E-state index in [1.54, 1.807) is 35.5 Å². The number of nitrogens with zero attached hydrogens (tertiary/aromatic N) is 3. The minimum Gasteiger partial charge on any atom is -0.364 e. The third-order valence-electron chi connectivity index (χ3n) is 4.46. The van der Waals surface area contributed by atoms with Crippen LogP contribution in [0.5, 0.6) is 0 Å². The van der Waals surface area contributed by atoms with Gasteiger partial charge < -0.3 is 15.5 Å². The molecule has 0 bridgehead atoms. The van der Waals surface area contributed by atoms with Gasteiger partial charge in [0.2, 0.25) is 5.95 Å². The third-order valence-corrected chi connectivity index (χ3v) is 4.71. The molecule has 0 saturated carbocycles. The topological polar surface area (TPSA) is 79.4 Å². The molecule has 2 N–H and O–H groups in total. The lowest BCUT2D eigenvalue weighted by molar-refractivity contribution is -0.115. The first-order valence-electron chi connectivity index (χ1n) is 9.31. The molecule has 156 valence electrons. The van der Waals surface area contributed by atoms with Crippen molar-refractivity contribution >= 4 is 41.6 Å². The van der Waals surface area contributed by atoms with Crippen LogP contribution in [0.15, 0.2) is 60.8 Å². The Labute approximate surface area is 185 Å². The predicted octanol–water partition coefficient (Wildman–Crippen LogP) is 3.94. The summed E-state index contributed by atoms with van der Waals surface area (Å²) in [6, 6.07) is 16.3. The van der Waals surface area contributed by atoms with E-state index in [0.717, 1.165) is 30.0 Å². The second kappa shape index (κ2) is 10.4. The van der Waals surface area contributed by atoms with Gasteiger partial charge in [-0.25, -0.2) is 14.8 Å². The second-order valence-corrected chi connectivity index (χ2v) is 6.97. The molecule has 2 aromatic carbocycles. The maximum Gasteiger partial charge on any atom is 0.357 e. The molecular formula is C21H21Cl2N5O2. The number of aromatic nitrogens is 2. The van der Waals surface area contributed by atoms with Crippen LogP contribution in [0.2, 0.25) is 5.02 Å². The lowest BCUT2D eigenvalue weighted by atomic mass is 10.1. The quantitative estimate of drug-likeness (QED) is 0.615. The number of rotatable bonds is 5. The number of halogens is 2. The highest BCUT2D eigenvalue weighted by molar-refractivity contribution is 6.30. The fraction of sp³-hybridized carbons (Fsp3) is 0.190. The molecular weight excluding hydrogens is 425 g/mol. The number of hydrogen-bond donors (Lipinski definition) is 2. The van der Waals surface area contributed by atoms with Crippen molar-refractivity contribution in [2.75, 3.05) is 31.5 Å². The first-order valence-corrected chi connectivity index (χ1v) is 9.69. The van der Waals surface area contributed by atoms with Crippen LogP contribution < -0.4 is 10.6 Å². The number of carbonyl (C=O) groups excluding carboxylic acids is 1. The molecule has 0 amide bonds. The Hall–Kier alpha value is -2.71. The van der Waals surface area contributed by atoms with E-state index in [1.165, 1.54) is 0 Å². The van der Waals surface area contributed by atoms with Crippen LogP contribution in [0.4, 0.5) is 11.6 Å². The zero-order valence-corrected chi connectivity index (χ0v) is 17.6. The summed E-state index contributed by atoms with van der Waals surface area (Å²) < 4.78 is 0. The molecule has 0 radical (unpaired) electrons. The van der Waals surface area contributed by atoms with Crippen molar-refractivity contribution in [3.8, 4) is 11.3 Å². The Kier molecular flexibility index (Phi) is 7.59. The fourth-order valence-electron chi connectivity index (χ4n) is 2.92. The highest BCUT2D eigenvalue weighted by Gasteiger charge is 2.16. The van der Waals surface area contributed by atoms with Crippen LogP contribution in [0.1, 0.15) is 10.4 Å². The number of anilines is 2. The molecule has 0 unspecified atom stereocenters. The van der Waals surface area contributed by atoms with Crippen LogP contribution in [-0.4, -0.2) is 47.2 Å². The summed E-state index contributed by atoms with van der Waals surface area (Å²) in [6.45, 7) is 3.00. The van der Waals surface area contributed by atoms with Crippen molar-refractivity contribution in [1.82, 2.24) is 20.3 Å². The molecule has 3 aromatic rings. The molecule has 1 aliphatic rings. The van der Waals surface area contributed by atoms with Gasteiger partial charge in [0, 0.05) is 48.6 Å². The van der Waals surface area contributed by atoms with Crippen molar-refractivity contribution < 1.29 is 9.63 Å². The van der Waals surface area contributed by atoms with E-state index in [4.69, 9.17) is 16.4 Å². The van der Waals surface area contributed by atoms with Crippen molar-refractivity contribution in [2.24, 2.45) is 0 Å². The highest BCUT2D eigenvalue weighted by atomic mass is 35.5. The standard InChI is InChI=1S/C21H20ClN5O2.ClH/c22-17-5-1-15(2-6-17)19-9-10-24-21(26-19)25-18-7-3-16(4-8-18)20(28)29-27-13-11-23-12-14-27;/h1-10,23H,11-14H2,(H,24,25,26);1H. The fourth-order valence-corrected chi connectivity index (χ4v) is 3.05. The van der Waals surface area contributed by atoms with E-state index in [-0.39, 0.29) is 18.4 Å². The smallest absolute Gasteiger partial charge is 0.357 e. The molecule has 2 heterocycles. The average molecular weight is 446 g/mol. The number of carbonyl (C=O) groups is 1. The molecule has 4 rings (SSSR count). The van der Waals surface area contributed by atoms with Gasteiger partial charge in [0.15, 0.2) is 0 Å². The van der Waals surface area contributed by atoms with Gasteiger partial charge in [0.05, 0.1) is 11.3 Å². The molecule has 1 aliphatic heterocycles. The molecule has 0 spiro atoms. The number of benzene rings is 2. The van der Waals surface area contributed by atoms with Gasteiger partial charge >= 0.3 is 5.97 Å². The lowest BCUT2D eigenvalue weighted by Crippen LogP contribution is -2.44. The summed E-state index contributed by atoms with van der Waals surface area (Å²) >= 11 is 5.94. The predicted molar refractivity (Wildman–Crippen MR) is 119 cm³/mol. The first-order chi connectivity index (χ1) is 14.2. The molecule has 9 heteroatoms. The molecule has 0 atom stereocenters. The Morgan fingerprint density at radius 1 is 1.03 bits per heavy atom. The minimum absolute atomic E-state index is 0. The van der Waals surface area contributed by atoms with Gasteiger partial charge in [-0.05, 0) is 42.5 Å². The van der Waals surface area contributed by atoms with Crippen molar-refractivity contribution in [3.63, 3.8) is 0 Å². The van der Waals surface area contributed by atoms with E-state index in [9.17, 15) is 4.79 Å². The van der Waals surface area contributed by atoms with Gasteiger partial charge in [-0.2, -0.15) is 0 Å². The Morgan fingerprint density at radius 3 is 2.43 bits per heavy atom. The van der Waals surface area contributed by atoms with Crippen LogP contribution in [0.3, 0.4) is 0 Å². The maximum absolute atomic E-state index is 12.3. The van der Waals surface area contributed by atoms with Gasteiger partial charge in [0.1, 0.15) is 0 Å². The lowest BCUT2D eigenvalue weighted by Gasteiger charge is -2.25. The monoisotopic (exact) mass is 445 g/mol. The zero-order chi connectivity index (χ0) is 20.1. The Balaban J connectivity index is 0.00000256. The average Bonchev–Trinajstić information content (AvgIpc) is 2.76. The Morgan fingerprint density at radius 2 is 1.73 bits per heavy atom. The van der Waals surface area contributed by atoms with Crippen LogP contribution in [0.25, 0.3) is 11.3 Å². The van der Waals surface area contributed by atoms with E-state index >= 15 is 0 Å². The van der Waals surface area contributed by atoms with Gasteiger partial charge in [-0.15, -0.1) is 17.5 Å². The summed E-state index contributed by atoms with van der Waals surface area (Å²) in [7, 11) is 0. The second-order valence-electron chi connectivity index (χ2n) is 6.53. The molecule has 30 heavy (non-hydrogen) atoms. The number of hydrogen-bond acceptors (Lipinski definition) is 7. The number of piperazine rings is 1. The van der Waals surface area contributed by atoms with Crippen LogP contribution >= 0.6 is 24.0 Å². The summed E-state index contributed by atoms with van der Waals surface area (Å²) in [5.74, 6) is 0.105. The summed E-state index contributed by atoms with van der Waals surface area (Å²) in [5, 5.41) is 8.73. The molecule has 7 nitrogen and oxygen atoms in total. The molecule has 1 aromatic heterocycles. The zero-order valence-electron chi connectivity index (χ0n) is 16.0. The van der Waals surface area contributed by atoms with Gasteiger partial charge in [0.25, 0.3) is 0 Å². The SMILES string of the molecule is Cl.O=C(ON1CCNCC1)c1ccc(Nc2nccc(-c3ccc(Cl)cc3)n2)cc1. The van der Waals surface area contributed by atoms with Crippen molar-refractivity contribution in [3.05, 3.63) is 71.4 Å². The molecule has 0 aliphatic carbocycles. The normalized spacial score (nSPS) is 13.9. The molecule has 1 fully saturated rings. The van der Waals surface area contributed by atoms with Crippen LogP contribution in [-0.2, 0) is 4.84 Å². The third kappa shape index (κ3) is 5.67. The first kappa shape index (κ1) is 22.0. The van der Waals surface area contributed by atoms with E-state index < -0.39 is 0 Å². The summed E-state index contributed by atoms with van der Waals surface area (Å²) in [5.41, 5.74) is 3.00. The largest absolute Gasteiger partial charge is 0.364 e. The van der Waals surface area contributed by atoms with Crippen molar-refractivity contribution in [2.45, 2.75) is 0 Å². The van der Waals surface area contributed by atoms with Crippen molar-refractivity contribution in [1.29, 1.82) is 0 Å². The van der Waals surface area contributed by atoms with E-state index in [1.807, 2.05) is 30.3 Å². The minimum atomic E-state index is -0.362. The maximum atomic E-state index is 12.3. The van der Waals surface area contributed by atoms with Gasteiger partial charge in [-0.1, -0.05) is 23.7 Å². The summed E-state index contributed by atoms with van der Waals surface area (Å²) in [6.07, 6.45) is 1.69. The highest BCUT2D eigenvalue weighted by Crippen LogP contribution is 2.21. The number of hydroxylamine groups is 2. The summed E-state index contributed by atoms with van der Waals surface area (Å²) in [4.78, 5) is 26.5. The Bertz CT molecular complexity index is 977. The molecule has 1 saturated heterocycles. The van der Waals surface area contributed by atoms with E-state index in [0.29, 0.717) is 29.6 Å². The van der Waals surface area contributed by atoms with Crippen LogP contribution in [0, 0.1) is 0 Å². The van der Waals surface area contributed by atoms with E-state index in [2.05, 4.69) is 20.6 Å². The number of nitrogens with one attached hydrogen (secondary N) is 2.